The van der Waals surface area contributed by atoms with Crippen LogP contribution in [-0.4, -0.2) is 35.7 Å². The average Bonchev–Trinajstić information content (AvgIpc) is 2.42. The van der Waals surface area contributed by atoms with E-state index in [1.165, 1.54) is 6.07 Å². The first-order valence-corrected chi connectivity index (χ1v) is 6.60. The second-order valence-electron chi connectivity index (χ2n) is 5.02. The van der Waals surface area contributed by atoms with Gasteiger partial charge in [0, 0.05) is 31.2 Å². The van der Waals surface area contributed by atoms with Gasteiger partial charge in [0.2, 0.25) is 0 Å². The molecule has 1 aromatic heterocycles. The highest BCUT2D eigenvalue weighted by Gasteiger charge is 2.18. The van der Waals surface area contributed by atoms with Crippen molar-refractivity contribution in [1.82, 2.24) is 9.88 Å². The molecule has 0 radical (unpaired) electrons. The first-order chi connectivity index (χ1) is 9.24. The van der Waals surface area contributed by atoms with Gasteiger partial charge in [-0.2, -0.15) is 0 Å². The van der Waals surface area contributed by atoms with Crippen LogP contribution in [0.2, 0.25) is 0 Å². The van der Waals surface area contributed by atoms with E-state index in [-0.39, 0.29) is 11.9 Å². The van der Waals surface area contributed by atoms with Crippen LogP contribution in [-0.2, 0) is 11.3 Å². The molecule has 0 unspecified atom stereocenters. The van der Waals surface area contributed by atoms with Crippen molar-refractivity contribution in [2.75, 3.05) is 19.7 Å². The maximum atomic E-state index is 13.7. The minimum atomic E-state index is -0.206. The largest absolute Gasteiger partial charge is 0.376 e. The number of hydrogen-bond donors (Lipinski definition) is 0. The predicted molar refractivity (Wildman–Crippen MR) is 72.4 cm³/mol. The second kappa shape index (κ2) is 5.23. The maximum absolute atomic E-state index is 13.7. The summed E-state index contributed by atoms with van der Waals surface area (Å²) in [6, 6.07) is 6.92. The number of ether oxygens (including phenoxy) is 1. The fraction of sp³-hybridized carbons (Fsp3) is 0.400. The summed E-state index contributed by atoms with van der Waals surface area (Å²) in [4.78, 5) is 6.66. The van der Waals surface area contributed by atoms with E-state index in [1.54, 1.807) is 18.3 Å². The van der Waals surface area contributed by atoms with E-state index in [4.69, 9.17) is 4.74 Å². The van der Waals surface area contributed by atoms with E-state index in [0.717, 1.165) is 37.3 Å². The number of nitrogens with zero attached hydrogens (tertiary/aromatic N) is 2. The number of benzene rings is 1. The second-order valence-corrected chi connectivity index (χ2v) is 5.02. The SMILES string of the molecule is C[C@H]1CN(Cc2ccc(F)c3cccnc23)CCO1. The summed E-state index contributed by atoms with van der Waals surface area (Å²) in [5.41, 5.74) is 1.84. The zero-order chi connectivity index (χ0) is 13.2. The lowest BCUT2D eigenvalue weighted by Crippen LogP contribution is -2.40. The van der Waals surface area contributed by atoms with Crippen LogP contribution < -0.4 is 0 Å². The molecule has 2 aromatic rings. The summed E-state index contributed by atoms with van der Waals surface area (Å²) in [6.07, 6.45) is 1.97. The Bertz CT molecular complexity index is 587. The normalized spacial score (nSPS) is 20.8. The summed E-state index contributed by atoms with van der Waals surface area (Å²) < 4.78 is 19.3. The van der Waals surface area contributed by atoms with E-state index in [2.05, 4.69) is 16.8 Å². The Labute approximate surface area is 112 Å². The average molecular weight is 260 g/mol. The van der Waals surface area contributed by atoms with Crippen LogP contribution in [0.25, 0.3) is 10.9 Å². The molecule has 0 N–H and O–H groups in total. The monoisotopic (exact) mass is 260 g/mol. The standard InChI is InChI=1S/C15H17FN2O/c1-11-9-18(7-8-19-11)10-12-4-5-14(16)13-3-2-6-17-15(12)13/h2-6,11H,7-10H2,1H3/t11-/m0/s1. The van der Waals surface area contributed by atoms with Gasteiger partial charge in [-0.15, -0.1) is 0 Å². The summed E-state index contributed by atoms with van der Waals surface area (Å²) in [5.74, 6) is -0.206. The molecule has 1 aliphatic heterocycles. The summed E-state index contributed by atoms with van der Waals surface area (Å²) >= 11 is 0. The van der Waals surface area contributed by atoms with E-state index in [9.17, 15) is 4.39 Å². The molecule has 1 atom stereocenters. The highest BCUT2D eigenvalue weighted by atomic mass is 19.1. The fourth-order valence-electron chi connectivity index (χ4n) is 2.60. The Morgan fingerprint density at radius 2 is 2.32 bits per heavy atom. The Hall–Kier alpha value is -1.52. The predicted octanol–water partition coefficient (Wildman–Crippen LogP) is 2.59. The molecule has 1 saturated heterocycles. The molecule has 0 amide bonds. The zero-order valence-corrected chi connectivity index (χ0v) is 11.0. The molecular formula is C15H17FN2O. The molecule has 0 saturated carbocycles. The van der Waals surface area contributed by atoms with Gasteiger partial charge in [-0.25, -0.2) is 4.39 Å². The van der Waals surface area contributed by atoms with Gasteiger partial charge in [-0.1, -0.05) is 6.07 Å². The van der Waals surface area contributed by atoms with E-state index in [1.807, 2.05) is 6.07 Å². The summed E-state index contributed by atoms with van der Waals surface area (Å²) in [5, 5.41) is 0.598. The molecule has 2 heterocycles. The van der Waals surface area contributed by atoms with Crippen LogP contribution in [0.1, 0.15) is 12.5 Å². The molecule has 1 aliphatic rings. The van der Waals surface area contributed by atoms with Gasteiger partial charge in [-0.3, -0.25) is 9.88 Å². The van der Waals surface area contributed by atoms with E-state index in [0.29, 0.717) is 5.39 Å². The van der Waals surface area contributed by atoms with Crippen molar-refractivity contribution in [3.05, 3.63) is 41.8 Å². The third kappa shape index (κ3) is 2.60. The molecule has 1 aromatic carbocycles. The van der Waals surface area contributed by atoms with Crippen molar-refractivity contribution < 1.29 is 9.13 Å². The van der Waals surface area contributed by atoms with Gasteiger partial charge in [0.05, 0.1) is 18.2 Å². The number of fused-ring (bicyclic) bond motifs is 1. The lowest BCUT2D eigenvalue weighted by atomic mass is 10.1. The molecule has 3 rings (SSSR count). The van der Waals surface area contributed by atoms with Crippen molar-refractivity contribution in [3.8, 4) is 0 Å². The van der Waals surface area contributed by atoms with Crippen molar-refractivity contribution in [1.29, 1.82) is 0 Å². The minimum absolute atomic E-state index is 0.206. The van der Waals surface area contributed by atoms with Crippen molar-refractivity contribution in [2.45, 2.75) is 19.6 Å². The first kappa shape index (κ1) is 12.5. The number of halogens is 1. The topological polar surface area (TPSA) is 25.4 Å². The number of rotatable bonds is 2. The molecule has 0 spiro atoms. The Morgan fingerprint density at radius 1 is 1.42 bits per heavy atom. The molecule has 0 aliphatic carbocycles. The quantitative estimate of drug-likeness (QED) is 0.830. The van der Waals surface area contributed by atoms with E-state index >= 15 is 0 Å². The van der Waals surface area contributed by atoms with Crippen LogP contribution >= 0.6 is 0 Å². The van der Waals surface area contributed by atoms with Gasteiger partial charge >= 0.3 is 0 Å². The highest BCUT2D eigenvalue weighted by molar-refractivity contribution is 5.82. The highest BCUT2D eigenvalue weighted by Crippen LogP contribution is 2.21. The van der Waals surface area contributed by atoms with Crippen molar-refractivity contribution in [3.63, 3.8) is 0 Å². The van der Waals surface area contributed by atoms with Crippen molar-refractivity contribution >= 4 is 10.9 Å². The number of aromatic nitrogens is 1. The van der Waals surface area contributed by atoms with Crippen LogP contribution in [0.5, 0.6) is 0 Å². The first-order valence-electron chi connectivity index (χ1n) is 6.60. The van der Waals surface area contributed by atoms with Crippen LogP contribution in [0.3, 0.4) is 0 Å². The Kier molecular flexibility index (Phi) is 3.44. The number of pyridine rings is 1. The van der Waals surface area contributed by atoms with Gasteiger partial charge in [0.25, 0.3) is 0 Å². The van der Waals surface area contributed by atoms with Gasteiger partial charge in [0.15, 0.2) is 0 Å². The lowest BCUT2D eigenvalue weighted by Gasteiger charge is -2.31. The molecule has 19 heavy (non-hydrogen) atoms. The number of morpholine rings is 1. The van der Waals surface area contributed by atoms with Gasteiger partial charge < -0.3 is 4.74 Å². The molecule has 4 heteroatoms. The summed E-state index contributed by atoms with van der Waals surface area (Å²) in [7, 11) is 0. The lowest BCUT2D eigenvalue weighted by molar-refractivity contribution is -0.0211. The summed E-state index contributed by atoms with van der Waals surface area (Å²) in [6.45, 7) is 5.45. The van der Waals surface area contributed by atoms with Gasteiger partial charge in [-0.05, 0) is 30.7 Å². The Balaban J connectivity index is 1.90. The van der Waals surface area contributed by atoms with Crippen LogP contribution in [0.4, 0.5) is 4.39 Å². The minimum Gasteiger partial charge on any atom is -0.376 e. The van der Waals surface area contributed by atoms with E-state index < -0.39 is 0 Å². The molecule has 100 valence electrons. The smallest absolute Gasteiger partial charge is 0.132 e. The third-order valence-corrected chi connectivity index (χ3v) is 3.52. The van der Waals surface area contributed by atoms with Crippen LogP contribution in [0.15, 0.2) is 30.5 Å². The zero-order valence-electron chi connectivity index (χ0n) is 11.0. The van der Waals surface area contributed by atoms with Crippen molar-refractivity contribution in [2.24, 2.45) is 0 Å². The van der Waals surface area contributed by atoms with Crippen LogP contribution in [0, 0.1) is 5.82 Å². The van der Waals surface area contributed by atoms with Gasteiger partial charge in [0.1, 0.15) is 5.82 Å². The molecular weight excluding hydrogens is 243 g/mol. The molecule has 0 bridgehead atoms. The Morgan fingerprint density at radius 3 is 3.16 bits per heavy atom. The fourth-order valence-corrected chi connectivity index (χ4v) is 2.60. The molecule has 3 nitrogen and oxygen atoms in total. The molecule has 1 fully saturated rings. The maximum Gasteiger partial charge on any atom is 0.132 e. The third-order valence-electron chi connectivity index (χ3n) is 3.52. The number of hydrogen-bond acceptors (Lipinski definition) is 3.